The number of hydrogen-bond donors (Lipinski definition) is 1. The van der Waals surface area contributed by atoms with Crippen LogP contribution in [-0.4, -0.2) is 82.0 Å². The fraction of sp³-hybridized carbons (Fsp3) is 0.680. The highest BCUT2D eigenvalue weighted by molar-refractivity contribution is 5.75. The number of fused-ring (bicyclic) bond motifs is 1. The van der Waals surface area contributed by atoms with E-state index >= 15 is 0 Å². The van der Waals surface area contributed by atoms with Crippen molar-refractivity contribution in [3.63, 3.8) is 0 Å². The molecule has 2 aromatic rings. The molecular formula is C25H37N7O4. The van der Waals surface area contributed by atoms with Crippen molar-refractivity contribution < 1.29 is 9.53 Å². The quantitative estimate of drug-likeness (QED) is 0.419. The van der Waals surface area contributed by atoms with Gasteiger partial charge in [-0.3, -0.25) is 23.3 Å². The number of aryl methyl sites for hydroxylation is 1. The standard InChI is InChI=1S/C25H37N7O4/c1-5-6-12-31-20-21(27-24(31)30-16-10-26-17-18(30)2)28(3)25(35)32(22(20)33)13-7-11-29-14-8-19(9-15-29)23(34)36-4/h18-19,26H,7-17H2,1-4H3. The Morgan fingerprint density at radius 1 is 1.17 bits per heavy atom. The number of esters is 1. The van der Waals surface area contributed by atoms with Gasteiger partial charge in [0.1, 0.15) is 0 Å². The van der Waals surface area contributed by atoms with E-state index in [2.05, 4.69) is 33.9 Å². The summed E-state index contributed by atoms with van der Waals surface area (Å²) in [4.78, 5) is 47.8. The van der Waals surface area contributed by atoms with Crippen LogP contribution in [0.4, 0.5) is 5.95 Å². The van der Waals surface area contributed by atoms with Gasteiger partial charge in [-0.1, -0.05) is 5.92 Å². The minimum absolute atomic E-state index is 0.0392. The Morgan fingerprint density at radius 2 is 1.92 bits per heavy atom. The highest BCUT2D eigenvalue weighted by Gasteiger charge is 2.28. The average molecular weight is 500 g/mol. The van der Waals surface area contributed by atoms with Gasteiger partial charge in [0.05, 0.1) is 19.6 Å². The lowest BCUT2D eigenvalue weighted by Gasteiger charge is -2.34. The van der Waals surface area contributed by atoms with Gasteiger partial charge in [0, 0.05) is 39.3 Å². The van der Waals surface area contributed by atoms with Gasteiger partial charge in [-0.05, 0) is 52.7 Å². The molecule has 11 nitrogen and oxygen atoms in total. The third-order valence-corrected chi connectivity index (χ3v) is 7.36. The van der Waals surface area contributed by atoms with Crippen LogP contribution in [0.3, 0.4) is 0 Å². The van der Waals surface area contributed by atoms with E-state index in [0.717, 1.165) is 52.1 Å². The van der Waals surface area contributed by atoms with Crippen LogP contribution >= 0.6 is 0 Å². The Hall–Kier alpha value is -3.10. The second-order valence-corrected chi connectivity index (χ2v) is 9.63. The summed E-state index contributed by atoms with van der Waals surface area (Å²) in [5, 5.41) is 3.38. The lowest BCUT2D eigenvalue weighted by molar-refractivity contribution is -0.147. The molecule has 2 aliphatic heterocycles. The summed E-state index contributed by atoms with van der Waals surface area (Å²) < 4.78 is 9.53. The molecule has 2 aromatic heterocycles. The Kier molecular flexibility index (Phi) is 8.16. The fourth-order valence-electron chi connectivity index (χ4n) is 5.23. The number of carbonyl (C=O) groups is 1. The molecule has 36 heavy (non-hydrogen) atoms. The van der Waals surface area contributed by atoms with E-state index in [1.807, 2.05) is 4.57 Å². The second kappa shape index (κ2) is 11.3. The zero-order valence-electron chi connectivity index (χ0n) is 21.7. The summed E-state index contributed by atoms with van der Waals surface area (Å²) in [5.41, 5.74) is 0.129. The molecule has 0 bridgehead atoms. The summed E-state index contributed by atoms with van der Waals surface area (Å²) >= 11 is 0. The molecule has 0 amide bonds. The Morgan fingerprint density at radius 3 is 2.58 bits per heavy atom. The van der Waals surface area contributed by atoms with Crippen LogP contribution < -0.4 is 21.5 Å². The minimum Gasteiger partial charge on any atom is -0.469 e. The molecular weight excluding hydrogens is 462 g/mol. The normalized spacial score (nSPS) is 19.3. The van der Waals surface area contributed by atoms with Crippen molar-refractivity contribution >= 4 is 23.1 Å². The van der Waals surface area contributed by atoms with Crippen LogP contribution in [-0.2, 0) is 29.7 Å². The largest absolute Gasteiger partial charge is 0.469 e. The van der Waals surface area contributed by atoms with E-state index < -0.39 is 0 Å². The number of imidazole rings is 1. The first-order valence-electron chi connectivity index (χ1n) is 12.7. The monoisotopic (exact) mass is 499 g/mol. The van der Waals surface area contributed by atoms with Gasteiger partial charge in [0.25, 0.3) is 5.56 Å². The molecule has 196 valence electrons. The number of hydrogen-bond acceptors (Lipinski definition) is 8. The maximum atomic E-state index is 13.6. The van der Waals surface area contributed by atoms with Crippen molar-refractivity contribution in [3.8, 4) is 11.8 Å². The number of methoxy groups -OCH3 is 1. The summed E-state index contributed by atoms with van der Waals surface area (Å²) in [5.74, 6) is 6.49. The molecule has 1 N–H and O–H groups in total. The van der Waals surface area contributed by atoms with Gasteiger partial charge in [-0.25, -0.2) is 4.79 Å². The number of carbonyl (C=O) groups excluding carboxylic acids is 1. The third kappa shape index (κ3) is 5.06. The van der Waals surface area contributed by atoms with E-state index in [1.165, 1.54) is 16.2 Å². The zero-order valence-corrected chi connectivity index (χ0v) is 21.7. The Bertz CT molecular complexity index is 1270. The van der Waals surface area contributed by atoms with E-state index in [9.17, 15) is 14.4 Å². The van der Waals surface area contributed by atoms with Gasteiger partial charge in [-0.15, -0.1) is 5.92 Å². The first-order valence-corrected chi connectivity index (χ1v) is 12.7. The van der Waals surface area contributed by atoms with Crippen LogP contribution in [0.25, 0.3) is 11.2 Å². The fourth-order valence-corrected chi connectivity index (χ4v) is 5.23. The highest BCUT2D eigenvalue weighted by Crippen LogP contribution is 2.22. The summed E-state index contributed by atoms with van der Waals surface area (Å²) in [6.07, 6.45) is 2.20. The SMILES string of the molecule is CC#CCn1c(N2CCNCC2C)nc2c1c(=O)n(CCCN1CCC(C(=O)OC)CC1)c(=O)n2C. The van der Waals surface area contributed by atoms with E-state index in [1.54, 1.807) is 14.0 Å². The molecule has 1 atom stereocenters. The topological polar surface area (TPSA) is 107 Å². The number of ether oxygens (including phenoxy) is 1. The number of piperazine rings is 1. The smallest absolute Gasteiger partial charge is 0.332 e. The van der Waals surface area contributed by atoms with Crippen LogP contribution in [0.15, 0.2) is 9.59 Å². The molecule has 2 fully saturated rings. The molecule has 2 aliphatic rings. The molecule has 0 aliphatic carbocycles. The van der Waals surface area contributed by atoms with Crippen LogP contribution in [0, 0.1) is 17.8 Å². The molecule has 0 spiro atoms. The molecule has 4 rings (SSSR count). The zero-order chi connectivity index (χ0) is 25.8. The molecule has 1 unspecified atom stereocenters. The van der Waals surface area contributed by atoms with Gasteiger partial charge < -0.3 is 19.9 Å². The third-order valence-electron chi connectivity index (χ3n) is 7.36. The predicted octanol–water partition coefficient (Wildman–Crippen LogP) is -0.00680. The van der Waals surface area contributed by atoms with Gasteiger partial charge in [0.2, 0.25) is 5.95 Å². The maximum absolute atomic E-state index is 13.6. The van der Waals surface area contributed by atoms with Crippen molar-refractivity contribution in [1.29, 1.82) is 0 Å². The summed E-state index contributed by atoms with van der Waals surface area (Å²) in [7, 11) is 3.10. The molecule has 0 radical (unpaired) electrons. The molecule has 11 heteroatoms. The Balaban J connectivity index is 1.59. The van der Waals surface area contributed by atoms with Crippen LogP contribution in [0.1, 0.15) is 33.1 Å². The van der Waals surface area contributed by atoms with Crippen molar-refractivity contribution in [3.05, 3.63) is 20.8 Å². The molecule has 2 saturated heterocycles. The maximum Gasteiger partial charge on any atom is 0.332 e. The predicted molar refractivity (Wildman–Crippen MR) is 138 cm³/mol. The lowest BCUT2D eigenvalue weighted by Crippen LogP contribution is -2.50. The van der Waals surface area contributed by atoms with Crippen LogP contribution in [0.5, 0.6) is 0 Å². The van der Waals surface area contributed by atoms with Crippen molar-refractivity contribution in [1.82, 2.24) is 28.9 Å². The van der Waals surface area contributed by atoms with Gasteiger partial charge in [0.15, 0.2) is 11.2 Å². The molecule has 0 saturated carbocycles. The number of aromatic nitrogens is 4. The molecule has 4 heterocycles. The summed E-state index contributed by atoms with van der Waals surface area (Å²) in [6.45, 7) is 9.33. The Labute approximate surface area is 211 Å². The number of anilines is 1. The van der Waals surface area contributed by atoms with Crippen LogP contribution in [0.2, 0.25) is 0 Å². The highest BCUT2D eigenvalue weighted by atomic mass is 16.5. The lowest BCUT2D eigenvalue weighted by atomic mass is 9.97. The minimum atomic E-state index is -0.358. The summed E-state index contributed by atoms with van der Waals surface area (Å²) in [6, 6.07) is 0.200. The first kappa shape index (κ1) is 26.0. The van der Waals surface area contributed by atoms with Gasteiger partial charge in [-0.2, -0.15) is 4.98 Å². The number of rotatable bonds is 7. The number of likely N-dealkylation sites (tertiary alicyclic amines) is 1. The molecule has 0 aromatic carbocycles. The second-order valence-electron chi connectivity index (χ2n) is 9.63. The average Bonchev–Trinajstić information content (AvgIpc) is 3.27. The number of nitrogens with zero attached hydrogens (tertiary/aromatic N) is 6. The number of nitrogens with one attached hydrogen (secondary N) is 1. The van der Waals surface area contributed by atoms with Gasteiger partial charge >= 0.3 is 11.7 Å². The van der Waals surface area contributed by atoms with Crippen molar-refractivity contribution in [2.24, 2.45) is 13.0 Å². The van der Waals surface area contributed by atoms with Crippen molar-refractivity contribution in [2.75, 3.05) is 51.3 Å². The van der Waals surface area contributed by atoms with Crippen molar-refractivity contribution in [2.45, 2.75) is 52.2 Å². The van der Waals surface area contributed by atoms with E-state index in [4.69, 9.17) is 9.72 Å². The first-order chi connectivity index (χ1) is 17.4. The van der Waals surface area contributed by atoms with E-state index in [-0.39, 0.29) is 29.2 Å². The number of piperidine rings is 1. The van der Waals surface area contributed by atoms with E-state index in [0.29, 0.717) is 36.6 Å².